The number of H-pyrrole nitrogens is 1. The van der Waals surface area contributed by atoms with Crippen molar-refractivity contribution in [3.05, 3.63) is 59.3 Å². The second-order valence-electron chi connectivity index (χ2n) is 11.0. The maximum Gasteiger partial charge on any atom is 0.319 e. The van der Waals surface area contributed by atoms with Crippen LogP contribution < -0.4 is 9.47 Å². The lowest BCUT2D eigenvalue weighted by molar-refractivity contribution is -0.165. The number of carbonyl (C=O) groups excluding carboxylic acids is 1. The molecule has 5 atom stereocenters. The summed E-state index contributed by atoms with van der Waals surface area (Å²) in [5.74, 6) is 2.11. The molecule has 2 aromatic carbocycles. The molecule has 3 aromatic rings. The summed E-state index contributed by atoms with van der Waals surface area (Å²) >= 11 is 0. The Morgan fingerprint density at radius 2 is 1.92 bits per heavy atom. The number of hydrogen-bond donors (Lipinski definition) is 1. The lowest BCUT2D eigenvalue weighted by atomic mass is 9.56. The smallest absolute Gasteiger partial charge is 0.319 e. The van der Waals surface area contributed by atoms with Gasteiger partial charge in [0.25, 0.3) is 0 Å². The van der Waals surface area contributed by atoms with Gasteiger partial charge in [-0.05, 0) is 61.6 Å². The van der Waals surface area contributed by atoms with Crippen LogP contribution in [0.3, 0.4) is 0 Å². The van der Waals surface area contributed by atoms with E-state index in [9.17, 15) is 4.79 Å². The Labute approximate surface area is 224 Å². The minimum absolute atomic E-state index is 0.0879. The molecule has 4 heterocycles. The molecule has 4 aliphatic rings. The van der Waals surface area contributed by atoms with E-state index < -0.39 is 5.41 Å². The number of aromatic nitrogens is 1. The van der Waals surface area contributed by atoms with E-state index in [4.69, 9.17) is 18.9 Å². The average Bonchev–Trinajstić information content (AvgIpc) is 3.27. The summed E-state index contributed by atoms with van der Waals surface area (Å²) in [6.07, 6.45) is 3.77. The monoisotopic (exact) mass is 518 g/mol. The van der Waals surface area contributed by atoms with Gasteiger partial charge in [-0.25, -0.2) is 0 Å². The summed E-state index contributed by atoms with van der Waals surface area (Å²) in [4.78, 5) is 20.4. The highest BCUT2D eigenvalue weighted by atomic mass is 16.5. The third kappa shape index (κ3) is 4.07. The zero-order valence-corrected chi connectivity index (χ0v) is 22.6. The summed E-state index contributed by atoms with van der Waals surface area (Å²) in [6.45, 7) is 5.55. The number of hydrogen-bond acceptors (Lipinski definition) is 6. The molecule has 0 radical (unpaired) electrons. The maximum atomic E-state index is 14.1. The summed E-state index contributed by atoms with van der Waals surface area (Å²) in [5.41, 5.74) is 3.70. The van der Waals surface area contributed by atoms with E-state index >= 15 is 0 Å². The van der Waals surface area contributed by atoms with Crippen LogP contribution >= 0.6 is 0 Å². The second kappa shape index (κ2) is 10.3. The van der Waals surface area contributed by atoms with E-state index in [1.165, 1.54) is 11.1 Å². The fourth-order valence-corrected chi connectivity index (χ4v) is 7.61. The van der Waals surface area contributed by atoms with E-state index in [0.29, 0.717) is 43.2 Å². The van der Waals surface area contributed by atoms with Gasteiger partial charge in [0, 0.05) is 48.4 Å². The van der Waals surface area contributed by atoms with Gasteiger partial charge in [0.05, 0.1) is 27.4 Å². The first-order valence-corrected chi connectivity index (χ1v) is 13.9. The van der Waals surface area contributed by atoms with E-state index in [0.717, 1.165) is 55.4 Å². The van der Waals surface area contributed by atoms with Gasteiger partial charge in [0.2, 0.25) is 0 Å². The highest BCUT2D eigenvalue weighted by molar-refractivity contribution is 5.93. The number of aromatic amines is 1. The number of carbonyl (C=O) groups is 1. The number of nitrogens with one attached hydrogen (secondary N) is 1. The molecule has 1 saturated carbocycles. The van der Waals surface area contributed by atoms with Crippen LogP contribution in [0.4, 0.5) is 0 Å². The number of piperidine rings is 2. The Balaban J connectivity index is 1.37. The lowest BCUT2D eigenvalue weighted by Gasteiger charge is -2.58. The molecule has 202 valence electrons. The number of ether oxygens (including phenoxy) is 4. The zero-order valence-electron chi connectivity index (χ0n) is 22.6. The van der Waals surface area contributed by atoms with Crippen LogP contribution in [-0.4, -0.2) is 62.4 Å². The van der Waals surface area contributed by atoms with Gasteiger partial charge in [-0.3, -0.25) is 9.69 Å². The van der Waals surface area contributed by atoms with Crippen molar-refractivity contribution in [1.29, 1.82) is 0 Å². The molecule has 38 heavy (non-hydrogen) atoms. The van der Waals surface area contributed by atoms with Crippen molar-refractivity contribution >= 4 is 16.9 Å². The first-order valence-electron chi connectivity index (χ1n) is 13.9. The van der Waals surface area contributed by atoms with E-state index in [1.807, 2.05) is 31.2 Å². The molecule has 0 amide bonds. The van der Waals surface area contributed by atoms with Gasteiger partial charge in [-0.1, -0.05) is 30.3 Å². The Hall–Kier alpha value is -3.03. The van der Waals surface area contributed by atoms with Crippen molar-refractivity contribution < 1.29 is 23.7 Å². The van der Waals surface area contributed by atoms with Crippen LogP contribution in [0.25, 0.3) is 10.9 Å². The highest BCUT2D eigenvalue weighted by Gasteiger charge is 2.63. The first kappa shape index (κ1) is 25.3. The van der Waals surface area contributed by atoms with Crippen LogP contribution in [0, 0.1) is 11.8 Å². The molecule has 0 spiro atoms. The Morgan fingerprint density at radius 1 is 1.13 bits per heavy atom. The minimum Gasteiger partial charge on any atom is -0.493 e. The van der Waals surface area contributed by atoms with Crippen molar-refractivity contribution in [3.8, 4) is 11.5 Å². The molecule has 7 heteroatoms. The Kier molecular flexibility index (Phi) is 6.82. The molecule has 4 bridgehead atoms. The zero-order chi connectivity index (χ0) is 26.3. The Bertz CT molecular complexity index is 1300. The SMILES string of the molecule is CCOC(=O)C12C[C@@H]3CC(CCOCc4ccccc4)C1N(CCc1c2[nH]c2cc(OC)c(OC)cc12)C3. The third-order valence-electron chi connectivity index (χ3n) is 8.97. The molecule has 3 fully saturated rings. The van der Waals surface area contributed by atoms with E-state index in [-0.39, 0.29) is 12.0 Å². The van der Waals surface area contributed by atoms with E-state index in [1.54, 1.807) is 14.2 Å². The first-order chi connectivity index (χ1) is 18.6. The highest BCUT2D eigenvalue weighted by Crippen LogP contribution is 2.55. The molecule has 1 N–H and O–H groups in total. The van der Waals surface area contributed by atoms with Crippen molar-refractivity contribution in [2.75, 3.05) is 40.5 Å². The fourth-order valence-electron chi connectivity index (χ4n) is 7.61. The quantitative estimate of drug-likeness (QED) is 0.322. The molecule has 7 rings (SSSR count). The normalized spacial score (nSPS) is 27.6. The van der Waals surface area contributed by atoms with Crippen LogP contribution in [0.1, 0.15) is 43.0 Å². The van der Waals surface area contributed by atoms with Crippen molar-refractivity contribution in [1.82, 2.24) is 9.88 Å². The molecule has 1 aliphatic carbocycles. The lowest BCUT2D eigenvalue weighted by Crippen LogP contribution is -2.67. The molecular formula is C31H38N2O5. The maximum absolute atomic E-state index is 14.1. The summed E-state index contributed by atoms with van der Waals surface area (Å²) in [5, 5.41) is 1.11. The van der Waals surface area contributed by atoms with Crippen LogP contribution in [0.2, 0.25) is 0 Å². The second-order valence-corrected chi connectivity index (χ2v) is 11.0. The minimum atomic E-state index is -0.716. The van der Waals surface area contributed by atoms with Gasteiger partial charge in [0.1, 0.15) is 5.41 Å². The van der Waals surface area contributed by atoms with Crippen LogP contribution in [-0.2, 0) is 32.7 Å². The summed E-state index contributed by atoms with van der Waals surface area (Å²) in [6, 6.07) is 14.4. The van der Waals surface area contributed by atoms with Crippen molar-refractivity contribution in [2.45, 2.75) is 50.7 Å². The van der Waals surface area contributed by atoms with Gasteiger partial charge in [-0.2, -0.15) is 0 Å². The number of nitrogens with zero attached hydrogens (tertiary/aromatic N) is 1. The number of esters is 1. The molecular weight excluding hydrogens is 480 g/mol. The van der Waals surface area contributed by atoms with Gasteiger partial charge in [-0.15, -0.1) is 0 Å². The number of methoxy groups -OCH3 is 2. The number of fused-ring (bicyclic) bond motifs is 4. The van der Waals surface area contributed by atoms with Crippen molar-refractivity contribution in [3.63, 3.8) is 0 Å². The molecule has 7 nitrogen and oxygen atoms in total. The summed E-state index contributed by atoms with van der Waals surface area (Å²) in [7, 11) is 3.32. The van der Waals surface area contributed by atoms with Gasteiger partial charge >= 0.3 is 5.97 Å². The Morgan fingerprint density at radius 3 is 2.68 bits per heavy atom. The van der Waals surface area contributed by atoms with Crippen LogP contribution in [0.5, 0.6) is 11.5 Å². The molecule has 4 unspecified atom stereocenters. The third-order valence-corrected chi connectivity index (χ3v) is 8.97. The van der Waals surface area contributed by atoms with Crippen LogP contribution in [0.15, 0.2) is 42.5 Å². The standard InChI is InChI=1S/C31H38N2O5/c1-4-38-30(34)31-17-21-14-22(11-13-37-19-20-8-6-5-7-9-20)29(31)33(18-21)12-10-23-24-15-26(35-2)27(36-3)16-25(24)32-28(23)31/h5-9,15-16,21-22,29,32H,4,10-14,17-19H2,1-3H3/t21-,22?,29?,31?/m0/s1. The predicted molar refractivity (Wildman–Crippen MR) is 146 cm³/mol. The fraction of sp³-hybridized carbons (Fsp3) is 0.516. The van der Waals surface area contributed by atoms with E-state index in [2.05, 4.69) is 28.1 Å². The van der Waals surface area contributed by atoms with Gasteiger partial charge in [0.15, 0.2) is 11.5 Å². The predicted octanol–water partition coefficient (Wildman–Crippen LogP) is 4.86. The number of rotatable bonds is 9. The van der Waals surface area contributed by atoms with Crippen molar-refractivity contribution in [2.24, 2.45) is 11.8 Å². The molecule has 1 aromatic heterocycles. The average molecular weight is 519 g/mol. The largest absolute Gasteiger partial charge is 0.493 e. The van der Waals surface area contributed by atoms with Gasteiger partial charge < -0.3 is 23.9 Å². The topological polar surface area (TPSA) is 73.0 Å². The summed E-state index contributed by atoms with van der Waals surface area (Å²) < 4.78 is 23.2. The molecule has 3 aliphatic heterocycles. The number of benzene rings is 2. The molecule has 2 saturated heterocycles.